The molecule has 1 spiro atoms. The highest BCUT2D eigenvalue weighted by Crippen LogP contribution is 2.85. The van der Waals surface area contributed by atoms with Gasteiger partial charge in [0.25, 0.3) is 0 Å². The summed E-state index contributed by atoms with van der Waals surface area (Å²) in [5.74, 6) is 3.20. The van der Waals surface area contributed by atoms with Gasteiger partial charge in [-0.3, -0.25) is 4.79 Å². The Morgan fingerprint density at radius 3 is 2.67 bits per heavy atom. The van der Waals surface area contributed by atoms with Crippen molar-refractivity contribution in [3.63, 3.8) is 0 Å². The molecule has 0 heterocycles. The number of allylic oxidation sites excluding steroid dienone is 1. The van der Waals surface area contributed by atoms with E-state index in [1.54, 1.807) is 0 Å². The van der Waals surface area contributed by atoms with Crippen molar-refractivity contribution in [2.24, 2.45) is 39.9 Å². The van der Waals surface area contributed by atoms with E-state index in [1.807, 2.05) is 6.08 Å². The topological polar surface area (TPSA) is 37.3 Å². The molecular weight excluding hydrogens is 296 g/mol. The molecule has 5 rings (SSSR count). The first-order chi connectivity index (χ1) is 11.2. The second-order valence-electron chi connectivity index (χ2n) is 10.7. The fourth-order valence-electron chi connectivity index (χ4n) is 8.53. The van der Waals surface area contributed by atoms with Gasteiger partial charge in [-0.2, -0.15) is 0 Å². The summed E-state index contributed by atoms with van der Waals surface area (Å²) in [6.07, 6.45) is 9.67. The Hall–Kier alpha value is -0.630. The van der Waals surface area contributed by atoms with Crippen LogP contribution in [0.25, 0.3) is 0 Å². The third-order valence-corrected chi connectivity index (χ3v) is 9.93. The van der Waals surface area contributed by atoms with Crippen molar-refractivity contribution in [2.45, 2.75) is 78.2 Å². The summed E-state index contributed by atoms with van der Waals surface area (Å²) in [5.41, 5.74) is 1.69. The largest absolute Gasteiger partial charge is 0.390 e. The number of rotatable bonds is 0. The number of carbonyl (C=O) groups is 1. The molecule has 5 aliphatic carbocycles. The lowest BCUT2D eigenvalue weighted by Crippen LogP contribution is -2.58. The predicted molar refractivity (Wildman–Crippen MR) is 94.3 cm³/mol. The Labute approximate surface area is 146 Å². The van der Waals surface area contributed by atoms with Gasteiger partial charge in [0.1, 0.15) is 0 Å². The molecule has 0 bridgehead atoms. The van der Waals surface area contributed by atoms with Gasteiger partial charge in [-0.1, -0.05) is 26.3 Å². The highest BCUT2D eigenvalue weighted by atomic mass is 16.3. The monoisotopic (exact) mass is 328 g/mol. The van der Waals surface area contributed by atoms with Crippen molar-refractivity contribution in [3.8, 4) is 0 Å². The molecule has 132 valence electrons. The Morgan fingerprint density at radius 2 is 1.92 bits per heavy atom. The van der Waals surface area contributed by atoms with Crippen LogP contribution in [0.15, 0.2) is 11.6 Å². The van der Waals surface area contributed by atoms with Crippen LogP contribution in [0, 0.1) is 39.9 Å². The smallest absolute Gasteiger partial charge is 0.155 e. The molecule has 2 nitrogen and oxygen atoms in total. The van der Waals surface area contributed by atoms with Gasteiger partial charge < -0.3 is 5.11 Å². The molecule has 0 aromatic rings. The molecular formula is C22H32O2. The molecule has 0 aromatic heterocycles. The van der Waals surface area contributed by atoms with E-state index in [0.717, 1.165) is 37.5 Å². The maximum absolute atomic E-state index is 12.0. The minimum absolute atomic E-state index is 0.0994. The second kappa shape index (κ2) is 4.19. The molecule has 1 N–H and O–H groups in total. The van der Waals surface area contributed by atoms with Gasteiger partial charge in [0, 0.05) is 11.8 Å². The predicted octanol–water partition coefficient (Wildman–Crippen LogP) is 4.52. The summed E-state index contributed by atoms with van der Waals surface area (Å²) >= 11 is 0. The van der Waals surface area contributed by atoms with Crippen molar-refractivity contribution in [1.82, 2.24) is 0 Å². The average molecular weight is 328 g/mol. The molecule has 0 amide bonds. The lowest BCUT2D eigenvalue weighted by Gasteiger charge is -2.62. The van der Waals surface area contributed by atoms with E-state index in [0.29, 0.717) is 23.0 Å². The molecule has 4 fully saturated rings. The number of hydrogen-bond acceptors (Lipinski definition) is 2. The Bertz CT molecular complexity index is 661. The van der Waals surface area contributed by atoms with Crippen LogP contribution in [-0.2, 0) is 4.79 Å². The molecule has 0 radical (unpaired) electrons. The molecule has 0 saturated heterocycles. The summed E-state index contributed by atoms with van der Waals surface area (Å²) in [4.78, 5) is 12.0. The van der Waals surface area contributed by atoms with E-state index in [2.05, 4.69) is 27.7 Å². The van der Waals surface area contributed by atoms with Gasteiger partial charge in [0.15, 0.2) is 5.78 Å². The number of fused-ring (bicyclic) bond motifs is 3. The summed E-state index contributed by atoms with van der Waals surface area (Å²) in [6, 6.07) is 0. The zero-order valence-electron chi connectivity index (χ0n) is 15.7. The Morgan fingerprint density at radius 1 is 1.17 bits per heavy atom. The zero-order chi connectivity index (χ0) is 17.1. The average Bonchev–Trinajstić information content (AvgIpc) is 3.14. The van der Waals surface area contributed by atoms with Gasteiger partial charge in [0.2, 0.25) is 0 Å². The van der Waals surface area contributed by atoms with Crippen molar-refractivity contribution < 1.29 is 9.90 Å². The molecule has 5 aliphatic rings. The van der Waals surface area contributed by atoms with E-state index >= 15 is 0 Å². The van der Waals surface area contributed by atoms with Gasteiger partial charge in [-0.25, -0.2) is 0 Å². The van der Waals surface area contributed by atoms with Crippen LogP contribution >= 0.6 is 0 Å². The van der Waals surface area contributed by atoms with Crippen molar-refractivity contribution in [1.29, 1.82) is 0 Å². The van der Waals surface area contributed by atoms with Crippen molar-refractivity contribution >= 4 is 5.78 Å². The van der Waals surface area contributed by atoms with Gasteiger partial charge in [-0.15, -0.1) is 0 Å². The van der Waals surface area contributed by atoms with Crippen molar-refractivity contribution in [3.05, 3.63) is 11.6 Å². The van der Waals surface area contributed by atoms with Crippen LogP contribution in [0.2, 0.25) is 0 Å². The first kappa shape index (κ1) is 15.6. The van der Waals surface area contributed by atoms with Crippen LogP contribution in [0.3, 0.4) is 0 Å². The normalized spacial score (nSPS) is 61.4. The highest BCUT2D eigenvalue weighted by Gasteiger charge is 2.81. The standard InChI is InChI=1S/C22H32O2/c1-13-9-14-10-16(23)5-7-19(14,2)17-6-8-20(3)21(4,24)11-15-12-22(15,20)18(13)17/h10,13,15,17-18,24H,5-9,11-12H2,1-4H3/t13-,15+,17+,18-,19+,20-,21+,22-/m1/s1. The number of carbonyl (C=O) groups excluding carboxylic acids is 1. The maximum atomic E-state index is 12.0. The minimum Gasteiger partial charge on any atom is -0.390 e. The second-order valence-corrected chi connectivity index (χ2v) is 10.7. The molecule has 24 heavy (non-hydrogen) atoms. The molecule has 8 atom stereocenters. The molecule has 0 aliphatic heterocycles. The summed E-state index contributed by atoms with van der Waals surface area (Å²) in [6.45, 7) is 9.40. The summed E-state index contributed by atoms with van der Waals surface area (Å²) < 4.78 is 0. The Balaban J connectivity index is 1.62. The molecule has 2 heteroatoms. The van der Waals surface area contributed by atoms with Crippen LogP contribution in [0.4, 0.5) is 0 Å². The van der Waals surface area contributed by atoms with E-state index < -0.39 is 5.60 Å². The van der Waals surface area contributed by atoms with Crippen LogP contribution in [0.1, 0.15) is 72.6 Å². The molecule has 0 aromatic carbocycles. The van der Waals surface area contributed by atoms with Gasteiger partial charge >= 0.3 is 0 Å². The minimum atomic E-state index is -0.486. The third-order valence-electron chi connectivity index (χ3n) is 9.93. The lowest BCUT2D eigenvalue weighted by atomic mass is 9.42. The van der Waals surface area contributed by atoms with Crippen LogP contribution in [-0.4, -0.2) is 16.5 Å². The van der Waals surface area contributed by atoms with Gasteiger partial charge in [0.05, 0.1) is 5.60 Å². The zero-order valence-corrected chi connectivity index (χ0v) is 15.7. The van der Waals surface area contributed by atoms with E-state index in [1.165, 1.54) is 24.8 Å². The molecule has 4 saturated carbocycles. The number of aliphatic hydroxyl groups is 1. The quantitative estimate of drug-likeness (QED) is 0.710. The lowest BCUT2D eigenvalue weighted by molar-refractivity contribution is -0.156. The molecule has 0 unspecified atom stereocenters. The third kappa shape index (κ3) is 1.48. The summed E-state index contributed by atoms with van der Waals surface area (Å²) in [7, 11) is 0. The van der Waals surface area contributed by atoms with Crippen LogP contribution in [0.5, 0.6) is 0 Å². The van der Waals surface area contributed by atoms with Crippen LogP contribution < -0.4 is 0 Å². The highest BCUT2D eigenvalue weighted by molar-refractivity contribution is 5.91. The van der Waals surface area contributed by atoms with E-state index in [9.17, 15) is 9.90 Å². The first-order valence-corrected chi connectivity index (χ1v) is 10.1. The first-order valence-electron chi connectivity index (χ1n) is 10.1. The van der Waals surface area contributed by atoms with Crippen molar-refractivity contribution in [2.75, 3.05) is 0 Å². The SMILES string of the molecule is C[C@@H]1CC2=CC(=O)CC[C@]2(C)[C@H]2CC[C@@]3(C)[C@@]4(C[C@@H]4C[C@]3(C)O)[C@H]12. The fraction of sp³-hybridized carbons (Fsp3) is 0.864. The maximum Gasteiger partial charge on any atom is 0.155 e. The van der Waals surface area contributed by atoms with E-state index in [-0.39, 0.29) is 10.8 Å². The summed E-state index contributed by atoms with van der Waals surface area (Å²) in [5, 5.41) is 11.2. The number of hydrogen-bond donors (Lipinski definition) is 1. The number of ketones is 1. The van der Waals surface area contributed by atoms with Gasteiger partial charge in [-0.05, 0) is 86.0 Å². The fourth-order valence-corrected chi connectivity index (χ4v) is 8.53. The van der Waals surface area contributed by atoms with E-state index in [4.69, 9.17) is 0 Å². The Kier molecular flexibility index (Phi) is 2.73.